The summed E-state index contributed by atoms with van der Waals surface area (Å²) < 4.78 is 25.1. The van der Waals surface area contributed by atoms with E-state index < -0.39 is 10.0 Å². The minimum Gasteiger partial charge on any atom is -0.346 e. The summed E-state index contributed by atoms with van der Waals surface area (Å²) in [4.78, 5) is 12.1. The van der Waals surface area contributed by atoms with E-state index >= 15 is 0 Å². The molecule has 1 unspecified atom stereocenters. The van der Waals surface area contributed by atoms with Gasteiger partial charge < -0.3 is 5.32 Å². The summed E-state index contributed by atoms with van der Waals surface area (Å²) >= 11 is 0. The van der Waals surface area contributed by atoms with E-state index in [1.165, 1.54) is 6.08 Å². The zero-order chi connectivity index (χ0) is 18.4. The van der Waals surface area contributed by atoms with Crippen molar-refractivity contribution in [3.8, 4) is 0 Å². The van der Waals surface area contributed by atoms with Crippen molar-refractivity contribution in [1.29, 1.82) is 0 Å². The van der Waals surface area contributed by atoms with Crippen molar-refractivity contribution >= 4 is 27.7 Å². The molecule has 5 nitrogen and oxygen atoms in total. The van der Waals surface area contributed by atoms with Gasteiger partial charge in [-0.3, -0.25) is 9.52 Å². The molecule has 0 saturated heterocycles. The molecule has 0 aliphatic rings. The Bertz CT molecular complexity index is 889. The third kappa shape index (κ3) is 6.43. The molecule has 2 N–H and O–H groups in total. The molecule has 0 fully saturated rings. The molecule has 0 radical (unpaired) electrons. The number of carbonyl (C=O) groups is 1. The lowest BCUT2D eigenvalue weighted by Crippen LogP contribution is -2.24. The maximum Gasteiger partial charge on any atom is 0.244 e. The van der Waals surface area contributed by atoms with Gasteiger partial charge in [0.1, 0.15) is 0 Å². The van der Waals surface area contributed by atoms with Gasteiger partial charge in [-0.05, 0) is 43.2 Å². The molecule has 0 saturated carbocycles. The molecule has 0 bridgehead atoms. The Morgan fingerprint density at radius 1 is 1.12 bits per heavy atom. The predicted octanol–water partition coefficient (Wildman–Crippen LogP) is 3.26. The Balaban J connectivity index is 2.02. The van der Waals surface area contributed by atoms with E-state index in [0.29, 0.717) is 5.69 Å². The van der Waals surface area contributed by atoms with Gasteiger partial charge in [-0.15, -0.1) is 0 Å². The Morgan fingerprint density at radius 2 is 1.84 bits per heavy atom. The van der Waals surface area contributed by atoms with Crippen molar-refractivity contribution in [2.45, 2.75) is 19.9 Å². The molecule has 0 aliphatic heterocycles. The standard InChI is InChI=1S/C19H22N2O3S/c1-14-6-4-7-16(12-14)10-11-19(22)20-15(2)17-8-5-9-18(13-17)21-25(3,23)24/h4-13,15,21H,1-3H3,(H,20,22). The van der Waals surface area contributed by atoms with Crippen molar-refractivity contribution in [1.82, 2.24) is 5.32 Å². The van der Waals surface area contributed by atoms with Gasteiger partial charge >= 0.3 is 0 Å². The van der Waals surface area contributed by atoms with E-state index in [1.807, 2.05) is 44.2 Å². The first kappa shape index (κ1) is 18.7. The second-order valence-corrected chi connectivity index (χ2v) is 7.73. The number of amides is 1. The van der Waals surface area contributed by atoms with Crippen molar-refractivity contribution < 1.29 is 13.2 Å². The van der Waals surface area contributed by atoms with Gasteiger partial charge in [0, 0.05) is 11.8 Å². The van der Waals surface area contributed by atoms with E-state index in [4.69, 9.17) is 0 Å². The number of carbonyl (C=O) groups excluding carboxylic acids is 1. The molecule has 2 aromatic rings. The van der Waals surface area contributed by atoms with Crippen LogP contribution in [0.5, 0.6) is 0 Å². The molecule has 2 aromatic carbocycles. The van der Waals surface area contributed by atoms with E-state index in [1.54, 1.807) is 24.3 Å². The number of hydrogen-bond acceptors (Lipinski definition) is 3. The molecule has 6 heteroatoms. The van der Waals surface area contributed by atoms with Gasteiger partial charge in [-0.1, -0.05) is 42.0 Å². The second kappa shape index (κ2) is 7.98. The van der Waals surface area contributed by atoms with Crippen LogP contribution in [0.25, 0.3) is 6.08 Å². The molecule has 0 spiro atoms. The third-order valence-corrected chi connectivity index (χ3v) is 4.12. The molecule has 2 rings (SSSR count). The number of aryl methyl sites for hydroxylation is 1. The fourth-order valence-corrected chi connectivity index (χ4v) is 2.93. The zero-order valence-corrected chi connectivity index (χ0v) is 15.3. The van der Waals surface area contributed by atoms with Gasteiger partial charge in [0.15, 0.2) is 0 Å². The number of nitrogens with one attached hydrogen (secondary N) is 2. The van der Waals surface area contributed by atoms with Crippen LogP contribution in [0.15, 0.2) is 54.6 Å². The van der Waals surface area contributed by atoms with E-state index in [9.17, 15) is 13.2 Å². The summed E-state index contributed by atoms with van der Waals surface area (Å²) in [6, 6.07) is 14.6. The van der Waals surface area contributed by atoms with Gasteiger partial charge in [0.25, 0.3) is 0 Å². The predicted molar refractivity (Wildman–Crippen MR) is 102 cm³/mol. The van der Waals surface area contributed by atoms with Crippen LogP contribution in [0.1, 0.15) is 29.7 Å². The summed E-state index contributed by atoms with van der Waals surface area (Å²) in [6.45, 7) is 3.84. The number of benzene rings is 2. The molecule has 0 heterocycles. The van der Waals surface area contributed by atoms with Crippen LogP contribution < -0.4 is 10.0 Å². The van der Waals surface area contributed by atoms with Crippen LogP contribution in [0.2, 0.25) is 0 Å². The quantitative estimate of drug-likeness (QED) is 0.778. The number of sulfonamides is 1. The minimum absolute atomic E-state index is 0.213. The van der Waals surface area contributed by atoms with Gasteiger partial charge in [-0.2, -0.15) is 0 Å². The number of rotatable bonds is 6. The van der Waals surface area contributed by atoms with Crippen molar-refractivity contribution in [3.05, 3.63) is 71.3 Å². The average Bonchev–Trinajstić information content (AvgIpc) is 2.51. The largest absolute Gasteiger partial charge is 0.346 e. The minimum atomic E-state index is -3.33. The first-order valence-electron chi connectivity index (χ1n) is 7.86. The van der Waals surface area contributed by atoms with Gasteiger partial charge in [0.2, 0.25) is 15.9 Å². The normalized spacial score (nSPS) is 12.8. The Hall–Kier alpha value is -2.60. The second-order valence-electron chi connectivity index (χ2n) is 5.98. The lowest BCUT2D eigenvalue weighted by Gasteiger charge is -2.14. The van der Waals surface area contributed by atoms with E-state index in [2.05, 4.69) is 10.0 Å². The lowest BCUT2D eigenvalue weighted by atomic mass is 10.1. The SMILES string of the molecule is Cc1cccc(C=CC(=O)NC(C)c2cccc(NS(C)(=O)=O)c2)c1. The first-order chi connectivity index (χ1) is 11.7. The Kier molecular flexibility index (Phi) is 5.98. The summed E-state index contributed by atoms with van der Waals surface area (Å²) in [5.41, 5.74) is 3.37. The van der Waals surface area contributed by atoms with Gasteiger partial charge in [0.05, 0.1) is 12.3 Å². The van der Waals surface area contributed by atoms with E-state index in [0.717, 1.165) is 22.9 Å². The van der Waals surface area contributed by atoms with Crippen LogP contribution in [0, 0.1) is 6.92 Å². The average molecular weight is 358 g/mol. The molecule has 0 aromatic heterocycles. The van der Waals surface area contributed by atoms with Crippen LogP contribution in [0.4, 0.5) is 5.69 Å². The fourth-order valence-electron chi connectivity index (χ4n) is 2.38. The number of hydrogen-bond donors (Lipinski definition) is 2. The molecular weight excluding hydrogens is 336 g/mol. The summed E-state index contributed by atoms with van der Waals surface area (Å²) in [7, 11) is -3.33. The summed E-state index contributed by atoms with van der Waals surface area (Å²) in [6.07, 6.45) is 4.35. The molecule has 0 aliphatic carbocycles. The molecule has 132 valence electrons. The molecule has 1 amide bonds. The maximum atomic E-state index is 12.1. The van der Waals surface area contributed by atoms with Crippen molar-refractivity contribution in [3.63, 3.8) is 0 Å². The lowest BCUT2D eigenvalue weighted by molar-refractivity contribution is -0.117. The van der Waals surface area contributed by atoms with Crippen LogP contribution >= 0.6 is 0 Å². The third-order valence-electron chi connectivity index (χ3n) is 3.52. The monoisotopic (exact) mass is 358 g/mol. The highest BCUT2D eigenvalue weighted by Crippen LogP contribution is 2.18. The molecule has 1 atom stereocenters. The Labute approximate surface area is 148 Å². The van der Waals surface area contributed by atoms with E-state index in [-0.39, 0.29) is 11.9 Å². The highest BCUT2D eigenvalue weighted by atomic mass is 32.2. The first-order valence-corrected chi connectivity index (χ1v) is 9.75. The molecule has 25 heavy (non-hydrogen) atoms. The van der Waals surface area contributed by atoms with Crippen molar-refractivity contribution in [2.24, 2.45) is 0 Å². The van der Waals surface area contributed by atoms with Crippen molar-refractivity contribution in [2.75, 3.05) is 11.0 Å². The smallest absolute Gasteiger partial charge is 0.244 e. The van der Waals surface area contributed by atoms with Gasteiger partial charge in [-0.25, -0.2) is 8.42 Å². The number of anilines is 1. The maximum absolute atomic E-state index is 12.1. The van der Waals surface area contributed by atoms with Crippen LogP contribution in [-0.2, 0) is 14.8 Å². The highest BCUT2D eigenvalue weighted by molar-refractivity contribution is 7.92. The summed E-state index contributed by atoms with van der Waals surface area (Å²) in [5, 5.41) is 2.87. The highest BCUT2D eigenvalue weighted by Gasteiger charge is 2.09. The fraction of sp³-hybridized carbons (Fsp3) is 0.211. The summed E-state index contributed by atoms with van der Waals surface area (Å²) in [5.74, 6) is -0.213. The van der Waals surface area contributed by atoms with Crippen LogP contribution in [0.3, 0.4) is 0 Å². The molecular formula is C19H22N2O3S. The Morgan fingerprint density at radius 3 is 2.52 bits per heavy atom. The topological polar surface area (TPSA) is 75.3 Å². The van der Waals surface area contributed by atoms with Crippen LogP contribution in [-0.4, -0.2) is 20.6 Å². The zero-order valence-electron chi connectivity index (χ0n) is 14.5.